The van der Waals surface area contributed by atoms with Crippen molar-refractivity contribution in [1.29, 1.82) is 0 Å². The van der Waals surface area contributed by atoms with Crippen molar-refractivity contribution in [3.8, 4) is 0 Å². The Bertz CT molecular complexity index is 1760. The number of aryl methyl sites for hydroxylation is 1. The first kappa shape index (κ1) is 49.3. The summed E-state index contributed by atoms with van der Waals surface area (Å²) in [6, 6.07) is 10.2. The average molecular weight is 964 g/mol. The monoisotopic (exact) mass is 960 g/mol. The predicted octanol–water partition coefficient (Wildman–Crippen LogP) is 9.20. The first-order valence-electron chi connectivity index (χ1n) is 16.7. The maximum atomic E-state index is 12.6. The van der Waals surface area contributed by atoms with E-state index in [9.17, 15) is 19.2 Å². The summed E-state index contributed by atoms with van der Waals surface area (Å²) in [5.74, 6) is -0.518. The van der Waals surface area contributed by atoms with E-state index in [1.165, 1.54) is 19.2 Å². The molecule has 15 nitrogen and oxygen atoms in total. The van der Waals surface area contributed by atoms with Crippen LogP contribution < -0.4 is 10.2 Å². The van der Waals surface area contributed by atoms with Crippen LogP contribution in [0, 0.1) is 6.92 Å². The number of ether oxygens (including phenoxy) is 4. The summed E-state index contributed by atoms with van der Waals surface area (Å²) in [7, 11) is 5.27. The molecule has 0 atom stereocenters. The highest BCUT2D eigenvalue weighted by Gasteiger charge is 2.34. The zero-order chi connectivity index (χ0) is 42.5. The van der Waals surface area contributed by atoms with Gasteiger partial charge in [-0.15, -0.1) is 0 Å². The Hall–Kier alpha value is -3.71. The lowest BCUT2D eigenvalue weighted by atomic mass is 10.2. The number of amides is 3. The number of nitrogens with zero attached hydrogens (tertiary/aromatic N) is 5. The van der Waals surface area contributed by atoms with Gasteiger partial charge in [0.25, 0.3) is 0 Å². The zero-order valence-corrected chi connectivity index (χ0v) is 38.2. The standard InChI is InChI=1S/C17H23BrN2O6.C11H15BrN2O3.C9H13BrN2/c1-16(2,3)25-14(22)20(15(23)26-17(4,5)6)11-9-8-10(18)12(19-11)13(21)24-7;1-11(2,3)17-10(16)14-9-5-4-7(12)8(6-15)13-9;1-7-4-5-8(10)9(11-7)6-12(2)3/h8-9H,1-7H3;4-5,15H,6H2,1-3H3,(H,13,14,16);4-5H,6H2,1-3H3. The third-order valence-corrected chi connectivity index (χ3v) is 7.90. The van der Waals surface area contributed by atoms with Crippen LogP contribution >= 0.6 is 47.8 Å². The van der Waals surface area contributed by atoms with Gasteiger partial charge in [-0.05, 0) is 168 Å². The number of pyridine rings is 3. The molecule has 0 aliphatic heterocycles. The van der Waals surface area contributed by atoms with Gasteiger partial charge in [0.15, 0.2) is 5.69 Å². The van der Waals surface area contributed by atoms with Crippen molar-refractivity contribution >= 4 is 83.7 Å². The molecule has 0 radical (unpaired) electrons. The van der Waals surface area contributed by atoms with Crippen LogP contribution in [-0.2, 0) is 32.1 Å². The Morgan fingerprint density at radius 2 is 1.20 bits per heavy atom. The second kappa shape index (κ2) is 21.6. The summed E-state index contributed by atoms with van der Waals surface area (Å²) >= 11 is 9.89. The lowest BCUT2D eigenvalue weighted by Gasteiger charge is -2.28. The first-order valence-corrected chi connectivity index (χ1v) is 19.1. The highest BCUT2D eigenvalue weighted by atomic mass is 79.9. The van der Waals surface area contributed by atoms with Crippen molar-refractivity contribution in [3.05, 3.63) is 72.6 Å². The van der Waals surface area contributed by atoms with E-state index in [0.29, 0.717) is 25.4 Å². The van der Waals surface area contributed by atoms with Crippen molar-refractivity contribution in [2.75, 3.05) is 31.4 Å². The summed E-state index contributed by atoms with van der Waals surface area (Å²) in [5, 5.41) is 11.5. The quantitative estimate of drug-likeness (QED) is 0.176. The fourth-order valence-corrected chi connectivity index (χ4v) is 4.83. The third kappa shape index (κ3) is 19.1. The number of anilines is 2. The van der Waals surface area contributed by atoms with Gasteiger partial charge in [0.1, 0.15) is 28.4 Å². The molecule has 3 aromatic heterocycles. The van der Waals surface area contributed by atoms with E-state index < -0.39 is 41.1 Å². The second-order valence-corrected chi connectivity index (χ2v) is 17.4. The third-order valence-electron chi connectivity index (χ3n) is 5.81. The number of carbonyl (C=O) groups is 4. The number of aliphatic hydroxyl groups excluding tert-OH is 1. The SMILES string of the molecule is CC(C)(C)OC(=O)Nc1ccc(Br)c(CO)n1.COC(=O)c1nc(N(C(=O)OC(C)(C)C)C(=O)OC(C)(C)C)ccc1Br.Cc1ccc(Br)c(CN(C)C)n1. The van der Waals surface area contributed by atoms with Crippen LogP contribution in [0.25, 0.3) is 0 Å². The highest BCUT2D eigenvalue weighted by Crippen LogP contribution is 2.25. The summed E-state index contributed by atoms with van der Waals surface area (Å²) in [6.07, 6.45) is -2.52. The molecule has 0 bridgehead atoms. The fraction of sp³-hybridized carbons (Fsp3) is 0.486. The minimum absolute atomic E-state index is 0.0953. The Kier molecular flexibility index (Phi) is 19.3. The molecule has 0 aliphatic rings. The van der Waals surface area contributed by atoms with Gasteiger partial charge in [-0.2, -0.15) is 4.90 Å². The Morgan fingerprint density at radius 1 is 0.709 bits per heavy atom. The van der Waals surface area contributed by atoms with Gasteiger partial charge in [0.05, 0.1) is 29.6 Å². The molecule has 3 aromatic rings. The molecule has 304 valence electrons. The van der Waals surface area contributed by atoms with Crippen LogP contribution in [-0.4, -0.2) is 87.2 Å². The number of halogens is 3. The van der Waals surface area contributed by atoms with Crippen LogP contribution in [0.5, 0.6) is 0 Å². The van der Waals surface area contributed by atoms with Gasteiger partial charge >= 0.3 is 24.2 Å². The van der Waals surface area contributed by atoms with Crippen LogP contribution in [0.15, 0.2) is 49.8 Å². The molecule has 0 saturated carbocycles. The number of aliphatic hydroxyl groups is 1. The molecule has 2 N–H and O–H groups in total. The molecule has 0 spiro atoms. The molecule has 0 aliphatic carbocycles. The summed E-state index contributed by atoms with van der Waals surface area (Å²) < 4.78 is 22.4. The Balaban J connectivity index is 0.000000446. The van der Waals surface area contributed by atoms with Gasteiger partial charge < -0.3 is 29.0 Å². The van der Waals surface area contributed by atoms with Crippen LogP contribution in [0.4, 0.5) is 26.0 Å². The van der Waals surface area contributed by atoms with Crippen molar-refractivity contribution < 1.29 is 43.2 Å². The van der Waals surface area contributed by atoms with Crippen LogP contribution in [0.2, 0.25) is 0 Å². The number of methoxy groups -OCH3 is 1. The Morgan fingerprint density at radius 3 is 1.67 bits per heavy atom. The number of aromatic nitrogens is 3. The molecule has 3 rings (SSSR count). The van der Waals surface area contributed by atoms with Gasteiger partial charge in [-0.25, -0.2) is 29.1 Å². The second-order valence-electron chi connectivity index (χ2n) is 14.8. The minimum atomic E-state index is -0.975. The van der Waals surface area contributed by atoms with E-state index >= 15 is 0 Å². The molecule has 55 heavy (non-hydrogen) atoms. The highest BCUT2D eigenvalue weighted by molar-refractivity contribution is 9.11. The Labute approximate surface area is 348 Å². The maximum Gasteiger partial charge on any atom is 0.425 e. The van der Waals surface area contributed by atoms with E-state index in [-0.39, 0.29) is 18.1 Å². The number of rotatable bonds is 6. The van der Waals surface area contributed by atoms with Crippen LogP contribution in [0.3, 0.4) is 0 Å². The number of carbonyl (C=O) groups excluding carboxylic acids is 4. The molecule has 18 heteroatoms. The van der Waals surface area contributed by atoms with E-state index in [0.717, 1.165) is 22.4 Å². The first-order chi connectivity index (χ1) is 25.2. The smallest absolute Gasteiger partial charge is 0.425 e. The number of hydrogen-bond acceptors (Lipinski definition) is 13. The van der Waals surface area contributed by atoms with Gasteiger partial charge in [0, 0.05) is 21.2 Å². The van der Waals surface area contributed by atoms with E-state index in [4.69, 9.17) is 19.3 Å². The maximum absolute atomic E-state index is 12.6. The van der Waals surface area contributed by atoms with Crippen molar-refractivity contribution in [1.82, 2.24) is 19.9 Å². The summed E-state index contributed by atoms with van der Waals surface area (Å²) in [5.41, 5.74) is 0.269. The van der Waals surface area contributed by atoms with Crippen molar-refractivity contribution in [2.45, 2.75) is 99.2 Å². The summed E-state index contributed by atoms with van der Waals surface area (Å²) in [6.45, 7) is 18.0. The lowest BCUT2D eigenvalue weighted by molar-refractivity contribution is 0.0425. The van der Waals surface area contributed by atoms with E-state index in [2.05, 4.69) is 77.7 Å². The summed E-state index contributed by atoms with van der Waals surface area (Å²) in [4.78, 5) is 63.7. The molecule has 0 unspecified atom stereocenters. The molecule has 0 aromatic carbocycles. The normalized spacial score (nSPS) is 11.2. The fourth-order valence-electron chi connectivity index (χ4n) is 3.75. The molecule has 0 fully saturated rings. The number of imide groups is 1. The molecule has 0 saturated heterocycles. The van der Waals surface area contributed by atoms with E-state index in [1.807, 2.05) is 33.2 Å². The van der Waals surface area contributed by atoms with E-state index in [1.54, 1.807) is 74.4 Å². The minimum Gasteiger partial charge on any atom is -0.464 e. The van der Waals surface area contributed by atoms with Gasteiger partial charge in [-0.1, -0.05) is 0 Å². The zero-order valence-electron chi connectivity index (χ0n) is 33.5. The molecular weight excluding hydrogens is 912 g/mol. The molecule has 3 heterocycles. The average Bonchev–Trinajstić information content (AvgIpc) is 3.02. The lowest BCUT2D eigenvalue weighted by Crippen LogP contribution is -2.44. The van der Waals surface area contributed by atoms with Crippen molar-refractivity contribution in [3.63, 3.8) is 0 Å². The number of esters is 1. The van der Waals surface area contributed by atoms with Gasteiger partial charge in [0.2, 0.25) is 0 Å². The molecule has 3 amide bonds. The van der Waals surface area contributed by atoms with Crippen molar-refractivity contribution in [2.24, 2.45) is 0 Å². The van der Waals surface area contributed by atoms with Crippen LogP contribution in [0.1, 0.15) is 89.9 Å². The molecular formula is C37H51Br3N6O9. The predicted molar refractivity (Wildman–Crippen MR) is 220 cm³/mol. The van der Waals surface area contributed by atoms with Gasteiger partial charge in [-0.3, -0.25) is 10.3 Å². The largest absolute Gasteiger partial charge is 0.464 e. The number of hydrogen-bond donors (Lipinski definition) is 2. The topological polar surface area (TPSA) is 183 Å². The number of nitrogens with one attached hydrogen (secondary N) is 1.